The van der Waals surface area contributed by atoms with Crippen molar-refractivity contribution in [2.75, 3.05) is 23.8 Å². The minimum absolute atomic E-state index is 0.0136. The topological polar surface area (TPSA) is 106 Å². The Morgan fingerprint density at radius 1 is 1.34 bits per heavy atom. The highest BCUT2D eigenvalue weighted by molar-refractivity contribution is 6.31. The fourth-order valence-electron chi connectivity index (χ4n) is 3.73. The summed E-state index contributed by atoms with van der Waals surface area (Å²) >= 11 is 6.04. The van der Waals surface area contributed by atoms with E-state index in [-0.39, 0.29) is 28.8 Å². The van der Waals surface area contributed by atoms with Crippen LogP contribution in [0.4, 0.5) is 33.6 Å². The van der Waals surface area contributed by atoms with Crippen molar-refractivity contribution < 1.29 is 26.7 Å². The molecule has 0 bridgehead atoms. The first kappa shape index (κ1) is 26.3. The van der Waals surface area contributed by atoms with Crippen LogP contribution in [0.1, 0.15) is 29.3 Å². The van der Waals surface area contributed by atoms with Gasteiger partial charge < -0.3 is 15.6 Å². The molecule has 1 aliphatic heterocycles. The van der Waals surface area contributed by atoms with E-state index < -0.39 is 48.5 Å². The van der Waals surface area contributed by atoms with Crippen LogP contribution < -0.4 is 10.7 Å². The number of benzene rings is 1. The van der Waals surface area contributed by atoms with Crippen molar-refractivity contribution in [1.29, 1.82) is 5.41 Å². The summed E-state index contributed by atoms with van der Waals surface area (Å²) in [6, 6.07) is 3.48. The molecule has 2 heterocycles. The molecule has 0 unspecified atom stereocenters. The fourth-order valence-corrected chi connectivity index (χ4v) is 3.90. The van der Waals surface area contributed by atoms with Gasteiger partial charge in [-0.25, -0.2) is 18.7 Å². The summed E-state index contributed by atoms with van der Waals surface area (Å²) in [4.78, 5) is 21.7. The predicted molar refractivity (Wildman–Crippen MR) is 121 cm³/mol. The van der Waals surface area contributed by atoms with E-state index in [1.54, 1.807) is 6.92 Å². The standard InChI is InChI=1S/C21H21ClF5N7O/c1-12-7-20(23,24)11-34(17(12)10-31-19-29-8-13(9-30-19)21(25,26)27)18(35)15-6-14(22)2-3-16(15)33-32-5-4-28/h2-6,8-9,12,17,28,33H,7,10-11H2,1H3,(H,29,30,31)/b28-4?,32-5-/t12-,17-/m1/s1. The highest BCUT2D eigenvalue weighted by Crippen LogP contribution is 2.36. The van der Waals surface area contributed by atoms with Gasteiger partial charge in [0.1, 0.15) is 0 Å². The number of halogens is 6. The molecule has 188 valence electrons. The molecule has 1 aromatic carbocycles. The van der Waals surface area contributed by atoms with E-state index in [0.29, 0.717) is 12.4 Å². The third-order valence-corrected chi connectivity index (χ3v) is 5.57. The van der Waals surface area contributed by atoms with E-state index >= 15 is 0 Å². The summed E-state index contributed by atoms with van der Waals surface area (Å²) < 4.78 is 67.1. The molecule has 14 heteroatoms. The van der Waals surface area contributed by atoms with E-state index in [2.05, 4.69) is 25.8 Å². The zero-order valence-electron chi connectivity index (χ0n) is 18.3. The Kier molecular flexibility index (Phi) is 7.88. The molecule has 1 fully saturated rings. The first-order valence-corrected chi connectivity index (χ1v) is 10.7. The number of alkyl halides is 5. The number of rotatable bonds is 7. The molecule has 2 aromatic rings. The first-order valence-electron chi connectivity index (χ1n) is 10.3. The van der Waals surface area contributed by atoms with Gasteiger partial charge in [-0.3, -0.25) is 10.2 Å². The molecule has 0 saturated carbocycles. The van der Waals surface area contributed by atoms with Crippen molar-refractivity contribution in [2.45, 2.75) is 31.5 Å². The smallest absolute Gasteiger partial charge is 0.352 e. The highest BCUT2D eigenvalue weighted by atomic mass is 35.5. The van der Waals surface area contributed by atoms with Gasteiger partial charge in [0.05, 0.1) is 35.6 Å². The van der Waals surface area contributed by atoms with E-state index in [1.165, 1.54) is 18.2 Å². The van der Waals surface area contributed by atoms with Crippen LogP contribution in [-0.2, 0) is 6.18 Å². The van der Waals surface area contributed by atoms with Gasteiger partial charge in [-0.1, -0.05) is 18.5 Å². The summed E-state index contributed by atoms with van der Waals surface area (Å²) in [5.41, 5.74) is 1.73. The van der Waals surface area contributed by atoms with Gasteiger partial charge in [-0.15, -0.1) is 0 Å². The van der Waals surface area contributed by atoms with Crippen LogP contribution in [0.3, 0.4) is 0 Å². The van der Waals surface area contributed by atoms with Crippen molar-refractivity contribution in [3.63, 3.8) is 0 Å². The number of carbonyl (C=O) groups is 1. The average Bonchev–Trinajstić information content (AvgIpc) is 2.78. The number of hydrazone groups is 1. The number of hydrogen-bond donors (Lipinski definition) is 3. The first-order chi connectivity index (χ1) is 16.4. The second-order valence-electron chi connectivity index (χ2n) is 7.96. The number of aromatic nitrogens is 2. The van der Waals surface area contributed by atoms with Crippen molar-refractivity contribution in [1.82, 2.24) is 14.9 Å². The Labute approximate surface area is 202 Å². The number of likely N-dealkylation sites (tertiary alicyclic amines) is 1. The van der Waals surface area contributed by atoms with Crippen LogP contribution in [0.2, 0.25) is 5.02 Å². The maximum atomic E-state index is 14.5. The molecule has 3 N–H and O–H groups in total. The SMILES string of the molecule is C[C@@H]1CC(F)(F)CN(C(=O)c2cc(Cl)ccc2N/N=C\C=N)[C@@H]1CNc1ncc(C(F)(F)F)cn1. The lowest BCUT2D eigenvalue weighted by Gasteiger charge is -2.43. The molecule has 0 aliphatic carbocycles. The molecule has 8 nitrogen and oxygen atoms in total. The van der Waals surface area contributed by atoms with Crippen LogP contribution in [0.15, 0.2) is 35.7 Å². The minimum atomic E-state index is -4.60. The van der Waals surface area contributed by atoms with Gasteiger partial charge >= 0.3 is 6.18 Å². The quantitative estimate of drug-likeness (QED) is 0.278. The van der Waals surface area contributed by atoms with Crippen LogP contribution in [0, 0.1) is 11.3 Å². The fraction of sp³-hybridized carbons (Fsp3) is 0.381. The third-order valence-electron chi connectivity index (χ3n) is 5.33. The van der Waals surface area contributed by atoms with Gasteiger partial charge in [0.2, 0.25) is 5.95 Å². The second-order valence-corrected chi connectivity index (χ2v) is 8.39. The number of anilines is 2. The number of amides is 1. The highest BCUT2D eigenvalue weighted by Gasteiger charge is 2.46. The number of nitrogens with one attached hydrogen (secondary N) is 3. The molecule has 1 aromatic heterocycles. The maximum Gasteiger partial charge on any atom is 0.419 e. The third kappa shape index (κ3) is 6.62. The van der Waals surface area contributed by atoms with Gasteiger partial charge in [0, 0.05) is 36.6 Å². The molecule has 0 radical (unpaired) electrons. The largest absolute Gasteiger partial charge is 0.419 e. The Hall–Kier alpha value is -3.35. The lowest BCUT2D eigenvalue weighted by molar-refractivity contribution is -0.138. The van der Waals surface area contributed by atoms with Crippen molar-refractivity contribution >= 4 is 41.6 Å². The maximum absolute atomic E-state index is 14.5. The monoisotopic (exact) mass is 517 g/mol. The average molecular weight is 518 g/mol. The molecule has 1 amide bonds. The summed E-state index contributed by atoms with van der Waals surface area (Å²) in [6.07, 6.45) is -1.85. The van der Waals surface area contributed by atoms with Gasteiger partial charge in [-0.2, -0.15) is 18.3 Å². The van der Waals surface area contributed by atoms with E-state index in [1.807, 2.05) is 0 Å². The molecule has 2 atom stereocenters. The van der Waals surface area contributed by atoms with E-state index in [0.717, 1.165) is 17.3 Å². The van der Waals surface area contributed by atoms with Crippen molar-refractivity contribution in [2.24, 2.45) is 11.0 Å². The minimum Gasteiger partial charge on any atom is -0.352 e. The molecular formula is C21H21ClF5N7O. The van der Waals surface area contributed by atoms with Crippen LogP contribution in [0.25, 0.3) is 0 Å². The number of carbonyl (C=O) groups excluding carboxylic acids is 1. The predicted octanol–water partition coefficient (Wildman–Crippen LogP) is 4.79. The Morgan fingerprint density at radius 3 is 2.66 bits per heavy atom. The normalized spacial score (nSPS) is 20.0. The number of hydrogen-bond acceptors (Lipinski definition) is 7. The van der Waals surface area contributed by atoms with Gasteiger partial charge in [0.15, 0.2) is 0 Å². The molecule has 1 aliphatic rings. The van der Waals surface area contributed by atoms with Crippen LogP contribution in [0.5, 0.6) is 0 Å². The summed E-state index contributed by atoms with van der Waals surface area (Å²) in [5.74, 6) is -4.70. The Morgan fingerprint density at radius 2 is 2.03 bits per heavy atom. The van der Waals surface area contributed by atoms with Crippen LogP contribution >= 0.6 is 11.6 Å². The molecule has 3 rings (SSSR count). The zero-order valence-corrected chi connectivity index (χ0v) is 19.0. The van der Waals surface area contributed by atoms with E-state index in [4.69, 9.17) is 17.0 Å². The summed E-state index contributed by atoms with van der Waals surface area (Å²) in [6.45, 7) is 0.606. The summed E-state index contributed by atoms with van der Waals surface area (Å²) in [7, 11) is 0. The van der Waals surface area contributed by atoms with Gasteiger partial charge in [0.25, 0.3) is 11.8 Å². The van der Waals surface area contributed by atoms with E-state index in [9.17, 15) is 26.7 Å². The number of piperidine rings is 1. The van der Waals surface area contributed by atoms with Crippen LogP contribution in [-0.4, -0.2) is 58.3 Å². The molecule has 35 heavy (non-hydrogen) atoms. The second kappa shape index (κ2) is 10.5. The van der Waals surface area contributed by atoms with Crippen molar-refractivity contribution in [3.05, 3.63) is 46.7 Å². The Balaban J connectivity index is 1.86. The summed E-state index contributed by atoms with van der Waals surface area (Å²) in [5, 5.41) is 13.7. The lowest BCUT2D eigenvalue weighted by Crippen LogP contribution is -2.57. The molecular weight excluding hydrogens is 497 g/mol. The lowest BCUT2D eigenvalue weighted by atomic mass is 9.87. The molecule has 1 saturated heterocycles. The van der Waals surface area contributed by atoms with Gasteiger partial charge in [-0.05, 0) is 24.1 Å². The number of nitrogens with zero attached hydrogens (tertiary/aromatic N) is 4. The van der Waals surface area contributed by atoms with Crippen molar-refractivity contribution in [3.8, 4) is 0 Å². The Bertz CT molecular complexity index is 1090. The zero-order chi connectivity index (χ0) is 25.8. The molecule has 0 spiro atoms.